The molecule has 0 N–H and O–H groups in total. The molecule has 2 aromatic carbocycles. The number of nitrogens with zero attached hydrogens (tertiary/aromatic N) is 1. The molecule has 2 aromatic rings. The van der Waals surface area contributed by atoms with Gasteiger partial charge >= 0.3 is 0 Å². The molecule has 0 saturated carbocycles. The second kappa shape index (κ2) is 5.65. The molecule has 1 aliphatic heterocycles. The summed E-state index contributed by atoms with van der Waals surface area (Å²) >= 11 is 0. The molecule has 0 aromatic heterocycles. The standard InChI is InChI=1S/C20H25N/c1-16(2)21-15-20(14-17(21)3,18-10-6-4-7-11-18)19-12-8-5-9-13-19/h4-13,16-17H,14-15H2,1-3H3. The number of hydrogen-bond donors (Lipinski definition) is 0. The molecule has 0 radical (unpaired) electrons. The fourth-order valence-electron chi connectivity index (χ4n) is 3.94. The monoisotopic (exact) mass is 279 g/mol. The van der Waals surface area contributed by atoms with Crippen molar-refractivity contribution in [2.45, 2.75) is 44.7 Å². The van der Waals surface area contributed by atoms with E-state index in [2.05, 4.69) is 86.3 Å². The van der Waals surface area contributed by atoms with Crippen LogP contribution in [-0.4, -0.2) is 23.5 Å². The molecule has 3 rings (SSSR count). The first kappa shape index (κ1) is 14.3. The molecule has 1 nitrogen and oxygen atoms in total. The average molecular weight is 279 g/mol. The first-order chi connectivity index (χ1) is 10.1. The van der Waals surface area contributed by atoms with Crippen LogP contribution in [0.1, 0.15) is 38.3 Å². The van der Waals surface area contributed by atoms with Gasteiger partial charge in [0.05, 0.1) is 0 Å². The molecule has 110 valence electrons. The summed E-state index contributed by atoms with van der Waals surface area (Å²) in [4.78, 5) is 2.64. The Morgan fingerprint density at radius 1 is 0.905 bits per heavy atom. The van der Waals surface area contributed by atoms with Crippen molar-refractivity contribution < 1.29 is 0 Å². The van der Waals surface area contributed by atoms with Gasteiger partial charge in [-0.1, -0.05) is 60.7 Å². The Morgan fingerprint density at radius 2 is 1.38 bits per heavy atom. The number of benzene rings is 2. The Kier molecular flexibility index (Phi) is 3.86. The lowest BCUT2D eigenvalue weighted by Crippen LogP contribution is -2.37. The van der Waals surface area contributed by atoms with E-state index in [1.165, 1.54) is 17.5 Å². The molecule has 1 fully saturated rings. The van der Waals surface area contributed by atoms with E-state index in [0.29, 0.717) is 12.1 Å². The fourth-order valence-corrected chi connectivity index (χ4v) is 3.94. The van der Waals surface area contributed by atoms with Crippen molar-refractivity contribution in [2.24, 2.45) is 0 Å². The van der Waals surface area contributed by atoms with Gasteiger partial charge in [-0.05, 0) is 38.3 Å². The Balaban J connectivity index is 2.10. The van der Waals surface area contributed by atoms with E-state index < -0.39 is 0 Å². The van der Waals surface area contributed by atoms with Gasteiger partial charge < -0.3 is 0 Å². The molecule has 1 heteroatoms. The Bertz CT molecular complexity index is 534. The van der Waals surface area contributed by atoms with E-state index >= 15 is 0 Å². The second-order valence-electron chi connectivity index (χ2n) is 6.63. The maximum atomic E-state index is 2.64. The van der Waals surface area contributed by atoms with Gasteiger partial charge in [-0.15, -0.1) is 0 Å². The van der Waals surface area contributed by atoms with Gasteiger partial charge in [0.2, 0.25) is 0 Å². The normalized spacial score (nSPS) is 21.8. The topological polar surface area (TPSA) is 3.24 Å². The summed E-state index contributed by atoms with van der Waals surface area (Å²) in [6.07, 6.45) is 1.19. The first-order valence-electron chi connectivity index (χ1n) is 8.00. The van der Waals surface area contributed by atoms with Crippen LogP contribution < -0.4 is 0 Å². The summed E-state index contributed by atoms with van der Waals surface area (Å²) in [6.45, 7) is 8.10. The lowest BCUT2D eigenvalue weighted by Gasteiger charge is -2.32. The van der Waals surface area contributed by atoms with E-state index in [1.807, 2.05) is 0 Å². The Labute approximate surface area is 128 Å². The van der Waals surface area contributed by atoms with Gasteiger partial charge in [0.1, 0.15) is 0 Å². The zero-order chi connectivity index (χ0) is 14.9. The zero-order valence-electron chi connectivity index (χ0n) is 13.3. The van der Waals surface area contributed by atoms with Crippen molar-refractivity contribution in [2.75, 3.05) is 6.54 Å². The smallest absolute Gasteiger partial charge is 0.0344 e. The summed E-state index contributed by atoms with van der Waals surface area (Å²) in [6, 6.07) is 23.3. The molecular weight excluding hydrogens is 254 g/mol. The quantitative estimate of drug-likeness (QED) is 0.801. The molecule has 1 heterocycles. The largest absolute Gasteiger partial charge is 0.297 e. The minimum absolute atomic E-state index is 0.131. The summed E-state index contributed by atoms with van der Waals surface area (Å²) in [5, 5.41) is 0. The van der Waals surface area contributed by atoms with E-state index in [0.717, 1.165) is 6.54 Å². The SMILES string of the molecule is CC(C)N1CC(c2ccccc2)(c2ccccc2)CC1C. The summed E-state index contributed by atoms with van der Waals surface area (Å²) in [5.41, 5.74) is 3.03. The van der Waals surface area contributed by atoms with Crippen molar-refractivity contribution >= 4 is 0 Å². The van der Waals surface area contributed by atoms with Gasteiger partial charge in [-0.25, -0.2) is 0 Å². The molecule has 1 unspecified atom stereocenters. The second-order valence-corrected chi connectivity index (χ2v) is 6.63. The maximum Gasteiger partial charge on any atom is 0.0344 e. The molecule has 1 saturated heterocycles. The van der Waals surface area contributed by atoms with Gasteiger partial charge in [-0.2, -0.15) is 0 Å². The number of rotatable bonds is 3. The third kappa shape index (κ3) is 2.51. The molecule has 0 bridgehead atoms. The molecule has 1 aliphatic rings. The lowest BCUT2D eigenvalue weighted by molar-refractivity contribution is 0.211. The van der Waals surface area contributed by atoms with Crippen LogP contribution in [0.4, 0.5) is 0 Å². The van der Waals surface area contributed by atoms with Crippen LogP contribution in [0.25, 0.3) is 0 Å². The van der Waals surface area contributed by atoms with Crippen molar-refractivity contribution in [3.63, 3.8) is 0 Å². The molecule has 1 atom stereocenters. The number of likely N-dealkylation sites (tertiary alicyclic amines) is 1. The third-order valence-corrected chi connectivity index (χ3v) is 4.98. The maximum absolute atomic E-state index is 2.64. The Hall–Kier alpha value is -1.60. The predicted molar refractivity (Wildman–Crippen MR) is 89.6 cm³/mol. The minimum Gasteiger partial charge on any atom is -0.297 e. The molecular formula is C20H25N. The highest BCUT2D eigenvalue weighted by atomic mass is 15.2. The van der Waals surface area contributed by atoms with Crippen molar-refractivity contribution in [1.82, 2.24) is 4.90 Å². The van der Waals surface area contributed by atoms with Crippen LogP contribution in [0, 0.1) is 0 Å². The molecule has 0 spiro atoms. The highest BCUT2D eigenvalue weighted by Gasteiger charge is 2.45. The predicted octanol–water partition coefficient (Wildman–Crippen LogP) is 4.48. The van der Waals surface area contributed by atoms with Gasteiger partial charge in [0.25, 0.3) is 0 Å². The molecule has 21 heavy (non-hydrogen) atoms. The summed E-state index contributed by atoms with van der Waals surface area (Å²) in [7, 11) is 0. The van der Waals surface area contributed by atoms with Crippen molar-refractivity contribution in [1.29, 1.82) is 0 Å². The highest BCUT2D eigenvalue weighted by molar-refractivity contribution is 5.41. The molecule has 0 aliphatic carbocycles. The average Bonchev–Trinajstić information content (AvgIpc) is 2.88. The van der Waals surface area contributed by atoms with Crippen LogP contribution in [0.15, 0.2) is 60.7 Å². The number of hydrogen-bond acceptors (Lipinski definition) is 1. The van der Waals surface area contributed by atoms with Gasteiger partial charge in [0.15, 0.2) is 0 Å². The zero-order valence-corrected chi connectivity index (χ0v) is 13.3. The van der Waals surface area contributed by atoms with Crippen LogP contribution in [0.2, 0.25) is 0 Å². The first-order valence-corrected chi connectivity index (χ1v) is 8.00. The third-order valence-electron chi connectivity index (χ3n) is 4.98. The van der Waals surface area contributed by atoms with Crippen molar-refractivity contribution in [3.8, 4) is 0 Å². The molecule has 0 amide bonds. The van der Waals surface area contributed by atoms with Gasteiger partial charge in [0, 0.05) is 24.0 Å². The summed E-state index contributed by atoms with van der Waals surface area (Å²) in [5.74, 6) is 0. The van der Waals surface area contributed by atoms with Gasteiger partial charge in [-0.3, -0.25) is 4.90 Å². The van der Waals surface area contributed by atoms with E-state index in [-0.39, 0.29) is 5.41 Å². The van der Waals surface area contributed by atoms with Crippen LogP contribution in [-0.2, 0) is 5.41 Å². The highest BCUT2D eigenvalue weighted by Crippen LogP contribution is 2.44. The van der Waals surface area contributed by atoms with E-state index in [4.69, 9.17) is 0 Å². The van der Waals surface area contributed by atoms with E-state index in [9.17, 15) is 0 Å². The summed E-state index contributed by atoms with van der Waals surface area (Å²) < 4.78 is 0. The van der Waals surface area contributed by atoms with E-state index in [1.54, 1.807) is 0 Å². The minimum atomic E-state index is 0.131. The van der Waals surface area contributed by atoms with Crippen LogP contribution in [0.3, 0.4) is 0 Å². The van der Waals surface area contributed by atoms with Crippen molar-refractivity contribution in [3.05, 3.63) is 71.8 Å². The van der Waals surface area contributed by atoms with Crippen LogP contribution in [0.5, 0.6) is 0 Å². The lowest BCUT2D eigenvalue weighted by atomic mass is 9.73. The fraction of sp³-hybridized carbons (Fsp3) is 0.400. The Morgan fingerprint density at radius 3 is 1.76 bits per heavy atom. The van der Waals surface area contributed by atoms with Crippen LogP contribution >= 0.6 is 0 Å².